The van der Waals surface area contributed by atoms with Gasteiger partial charge in [-0.25, -0.2) is 0 Å². The summed E-state index contributed by atoms with van der Waals surface area (Å²) in [6, 6.07) is 2.85. The molecule has 0 aromatic heterocycles. The summed E-state index contributed by atoms with van der Waals surface area (Å²) in [5.74, 6) is -0.521. The van der Waals surface area contributed by atoms with Crippen molar-refractivity contribution in [2.75, 3.05) is 5.32 Å². The van der Waals surface area contributed by atoms with Crippen molar-refractivity contribution in [3.8, 4) is 0 Å². The molecule has 6 heteroatoms. The smallest absolute Gasteiger partial charge is 0.324 e. The maximum absolute atomic E-state index is 12.6. The van der Waals surface area contributed by atoms with E-state index in [1.165, 1.54) is 26.0 Å². The number of amides is 1. The standard InChI is InChI=1S/C11H13F3N2O/c1-6-8(11(12,13)14)4-3-5-9(6)16-10(17)7(2)15/h3-5,7H,15H2,1-2H3,(H,16,17)/t7-/m1/s1. The number of nitrogens with two attached hydrogens (primary N) is 1. The van der Waals surface area contributed by atoms with E-state index in [1.807, 2.05) is 0 Å². The van der Waals surface area contributed by atoms with Crippen LogP contribution in [-0.2, 0) is 11.0 Å². The average molecular weight is 246 g/mol. The molecule has 1 aromatic rings. The molecule has 0 fully saturated rings. The Morgan fingerprint density at radius 1 is 1.41 bits per heavy atom. The van der Waals surface area contributed by atoms with E-state index >= 15 is 0 Å². The summed E-state index contributed by atoms with van der Waals surface area (Å²) in [5.41, 5.74) is 4.67. The van der Waals surface area contributed by atoms with Crippen LogP contribution in [0.4, 0.5) is 18.9 Å². The van der Waals surface area contributed by atoms with E-state index in [0.717, 1.165) is 6.07 Å². The highest BCUT2D eigenvalue weighted by Crippen LogP contribution is 2.34. The summed E-state index contributed by atoms with van der Waals surface area (Å²) >= 11 is 0. The molecule has 0 aliphatic rings. The van der Waals surface area contributed by atoms with Crippen molar-refractivity contribution in [2.45, 2.75) is 26.1 Å². The lowest BCUT2D eigenvalue weighted by molar-refractivity contribution is -0.138. The summed E-state index contributed by atoms with van der Waals surface area (Å²) in [6.45, 7) is 2.76. The molecule has 1 aromatic carbocycles. The molecule has 3 nitrogen and oxygen atoms in total. The van der Waals surface area contributed by atoms with Gasteiger partial charge in [-0.1, -0.05) is 6.07 Å². The zero-order valence-corrected chi connectivity index (χ0v) is 9.43. The molecule has 0 aliphatic carbocycles. The van der Waals surface area contributed by atoms with Crippen molar-refractivity contribution < 1.29 is 18.0 Å². The maximum atomic E-state index is 12.6. The number of carbonyl (C=O) groups is 1. The molecule has 0 bridgehead atoms. The Hall–Kier alpha value is -1.56. The Kier molecular flexibility index (Phi) is 3.77. The van der Waals surface area contributed by atoms with Gasteiger partial charge in [0, 0.05) is 5.69 Å². The second-order valence-electron chi connectivity index (χ2n) is 3.75. The largest absolute Gasteiger partial charge is 0.416 e. The third-order valence-electron chi connectivity index (χ3n) is 2.31. The van der Waals surface area contributed by atoms with E-state index in [-0.39, 0.29) is 11.3 Å². The molecule has 0 aliphatic heterocycles. The van der Waals surface area contributed by atoms with Crippen molar-refractivity contribution in [3.05, 3.63) is 29.3 Å². The number of hydrogen-bond donors (Lipinski definition) is 2. The number of anilines is 1. The highest BCUT2D eigenvalue weighted by Gasteiger charge is 2.33. The summed E-state index contributed by atoms with van der Waals surface area (Å²) in [7, 11) is 0. The first kappa shape index (κ1) is 13.5. The minimum atomic E-state index is -4.43. The zero-order valence-electron chi connectivity index (χ0n) is 9.43. The fourth-order valence-electron chi connectivity index (χ4n) is 1.32. The van der Waals surface area contributed by atoms with Gasteiger partial charge < -0.3 is 11.1 Å². The van der Waals surface area contributed by atoms with Crippen molar-refractivity contribution in [1.82, 2.24) is 0 Å². The summed E-state index contributed by atoms with van der Waals surface area (Å²) in [6.07, 6.45) is -4.43. The first-order chi connectivity index (χ1) is 7.73. The van der Waals surface area contributed by atoms with E-state index in [2.05, 4.69) is 5.32 Å². The molecule has 0 radical (unpaired) electrons. The molecule has 0 saturated heterocycles. The SMILES string of the molecule is Cc1c(NC(=O)[C@@H](C)N)cccc1C(F)(F)F. The summed E-state index contributed by atoms with van der Waals surface area (Å²) < 4.78 is 37.8. The van der Waals surface area contributed by atoms with E-state index in [4.69, 9.17) is 5.73 Å². The minimum absolute atomic E-state index is 0.0194. The molecule has 1 rings (SSSR count). The predicted molar refractivity (Wildman–Crippen MR) is 58.5 cm³/mol. The maximum Gasteiger partial charge on any atom is 0.416 e. The van der Waals surface area contributed by atoms with Gasteiger partial charge in [0.05, 0.1) is 11.6 Å². The molecule has 0 heterocycles. The van der Waals surface area contributed by atoms with Crippen LogP contribution in [0, 0.1) is 6.92 Å². The van der Waals surface area contributed by atoms with Crippen LogP contribution in [0.5, 0.6) is 0 Å². The fraction of sp³-hybridized carbons (Fsp3) is 0.364. The summed E-state index contributed by atoms with van der Waals surface area (Å²) in [4.78, 5) is 11.3. The first-order valence-electron chi connectivity index (χ1n) is 4.96. The van der Waals surface area contributed by atoms with E-state index in [0.29, 0.717) is 0 Å². The summed E-state index contributed by atoms with van der Waals surface area (Å²) in [5, 5.41) is 2.36. The Balaban J connectivity index is 3.07. The van der Waals surface area contributed by atoms with E-state index in [1.54, 1.807) is 0 Å². The zero-order chi connectivity index (χ0) is 13.2. The van der Waals surface area contributed by atoms with Gasteiger partial charge in [-0.3, -0.25) is 4.79 Å². The third-order valence-corrected chi connectivity index (χ3v) is 2.31. The molecule has 0 unspecified atom stereocenters. The number of alkyl halides is 3. The number of benzene rings is 1. The van der Waals surface area contributed by atoms with Crippen LogP contribution >= 0.6 is 0 Å². The number of hydrogen-bond acceptors (Lipinski definition) is 2. The van der Waals surface area contributed by atoms with Crippen molar-refractivity contribution >= 4 is 11.6 Å². The van der Waals surface area contributed by atoms with E-state index < -0.39 is 23.7 Å². The monoisotopic (exact) mass is 246 g/mol. The number of rotatable bonds is 2. The van der Waals surface area contributed by atoms with Crippen LogP contribution in [0.2, 0.25) is 0 Å². The number of carbonyl (C=O) groups excluding carboxylic acids is 1. The Labute approximate surface area is 96.8 Å². The molecule has 1 atom stereocenters. The van der Waals surface area contributed by atoms with Gasteiger partial charge in [-0.05, 0) is 31.5 Å². The van der Waals surface area contributed by atoms with Crippen molar-refractivity contribution in [3.63, 3.8) is 0 Å². The normalized spacial score (nSPS) is 13.3. The Bertz CT molecular complexity index is 427. The van der Waals surface area contributed by atoms with Crippen LogP contribution in [0.15, 0.2) is 18.2 Å². The number of nitrogens with one attached hydrogen (secondary N) is 1. The lowest BCUT2D eigenvalue weighted by atomic mass is 10.1. The molecular weight excluding hydrogens is 233 g/mol. The van der Waals surface area contributed by atoms with Gasteiger partial charge in [0.2, 0.25) is 5.91 Å². The van der Waals surface area contributed by atoms with E-state index in [9.17, 15) is 18.0 Å². The van der Waals surface area contributed by atoms with Gasteiger partial charge in [-0.2, -0.15) is 13.2 Å². The highest BCUT2D eigenvalue weighted by atomic mass is 19.4. The van der Waals surface area contributed by atoms with Crippen molar-refractivity contribution in [1.29, 1.82) is 0 Å². The van der Waals surface area contributed by atoms with Gasteiger partial charge in [0.25, 0.3) is 0 Å². The highest BCUT2D eigenvalue weighted by molar-refractivity contribution is 5.95. The van der Waals surface area contributed by atoms with Crippen LogP contribution in [-0.4, -0.2) is 11.9 Å². The van der Waals surface area contributed by atoms with Crippen LogP contribution in [0.25, 0.3) is 0 Å². The van der Waals surface area contributed by atoms with Gasteiger partial charge >= 0.3 is 6.18 Å². The Morgan fingerprint density at radius 2 is 2.00 bits per heavy atom. The van der Waals surface area contributed by atoms with Crippen LogP contribution in [0.1, 0.15) is 18.1 Å². The third kappa shape index (κ3) is 3.20. The van der Waals surface area contributed by atoms with Gasteiger partial charge in [-0.15, -0.1) is 0 Å². The van der Waals surface area contributed by atoms with Crippen molar-refractivity contribution in [2.24, 2.45) is 5.73 Å². The average Bonchev–Trinajstić information content (AvgIpc) is 2.19. The quantitative estimate of drug-likeness (QED) is 0.841. The molecule has 0 saturated carbocycles. The predicted octanol–water partition coefficient (Wildman–Crippen LogP) is 2.30. The topological polar surface area (TPSA) is 55.1 Å². The molecule has 94 valence electrons. The van der Waals surface area contributed by atoms with Crippen LogP contribution in [0.3, 0.4) is 0 Å². The van der Waals surface area contributed by atoms with Crippen LogP contribution < -0.4 is 11.1 Å². The first-order valence-corrected chi connectivity index (χ1v) is 4.96. The lowest BCUT2D eigenvalue weighted by Gasteiger charge is -2.15. The molecular formula is C11H13F3N2O. The van der Waals surface area contributed by atoms with Gasteiger partial charge in [0.15, 0.2) is 0 Å². The minimum Gasteiger partial charge on any atom is -0.324 e. The number of halogens is 3. The fourth-order valence-corrected chi connectivity index (χ4v) is 1.32. The molecule has 3 N–H and O–H groups in total. The molecule has 17 heavy (non-hydrogen) atoms. The second kappa shape index (κ2) is 4.75. The lowest BCUT2D eigenvalue weighted by Crippen LogP contribution is -2.32. The van der Waals surface area contributed by atoms with Gasteiger partial charge in [0.1, 0.15) is 0 Å². The Morgan fingerprint density at radius 3 is 2.47 bits per heavy atom. The molecule has 1 amide bonds. The second-order valence-corrected chi connectivity index (χ2v) is 3.75. The molecule has 0 spiro atoms.